The molecule has 6 heteroatoms. The Bertz CT molecular complexity index is 988. The average Bonchev–Trinajstić information content (AvgIpc) is 2.86. The van der Waals surface area contributed by atoms with Gasteiger partial charge in [0.25, 0.3) is 0 Å². The Labute approximate surface area is 205 Å². The summed E-state index contributed by atoms with van der Waals surface area (Å²) in [6.45, 7) is 2.28. The molecule has 1 atom stereocenters. The predicted molar refractivity (Wildman–Crippen MR) is 134 cm³/mol. The molecule has 0 aromatic heterocycles. The molecule has 0 fully saturated rings. The average molecular weight is 483 g/mol. The van der Waals surface area contributed by atoms with Gasteiger partial charge in [0.15, 0.2) is 0 Å². The minimum absolute atomic E-state index is 0.193. The molecule has 0 saturated carbocycles. The van der Waals surface area contributed by atoms with Gasteiger partial charge in [-0.15, -0.1) is 11.6 Å². The molecule has 4 nitrogen and oxygen atoms in total. The molecule has 0 bridgehead atoms. The first kappa shape index (κ1) is 24.8. The fourth-order valence-electron chi connectivity index (χ4n) is 3.83. The van der Waals surface area contributed by atoms with Gasteiger partial charge in [0.05, 0.1) is 6.04 Å². The molecule has 3 aromatic rings. The van der Waals surface area contributed by atoms with Gasteiger partial charge in [-0.3, -0.25) is 9.59 Å². The molecule has 1 unspecified atom stereocenters. The van der Waals surface area contributed by atoms with Crippen molar-refractivity contribution in [2.45, 2.75) is 38.4 Å². The van der Waals surface area contributed by atoms with Gasteiger partial charge in [-0.05, 0) is 35.2 Å². The lowest BCUT2D eigenvalue weighted by Gasteiger charge is -2.32. The van der Waals surface area contributed by atoms with Crippen LogP contribution in [-0.4, -0.2) is 28.6 Å². The van der Waals surface area contributed by atoms with E-state index in [1.54, 1.807) is 17.0 Å². The second-order valence-corrected chi connectivity index (χ2v) is 8.55. The Morgan fingerprint density at radius 2 is 1.42 bits per heavy atom. The largest absolute Gasteiger partial charge is 0.343 e. The lowest BCUT2D eigenvalue weighted by molar-refractivity contribution is -0.140. The van der Waals surface area contributed by atoms with Crippen LogP contribution in [0.5, 0.6) is 0 Å². The van der Waals surface area contributed by atoms with Gasteiger partial charge in [0, 0.05) is 11.6 Å². The van der Waals surface area contributed by atoms with E-state index in [1.807, 2.05) is 79.7 Å². The maximum absolute atomic E-state index is 13.6. The van der Waals surface area contributed by atoms with Crippen molar-refractivity contribution in [3.8, 4) is 0 Å². The molecule has 33 heavy (non-hydrogen) atoms. The van der Waals surface area contributed by atoms with Gasteiger partial charge in [0.2, 0.25) is 11.8 Å². The zero-order valence-electron chi connectivity index (χ0n) is 18.6. The van der Waals surface area contributed by atoms with Crippen LogP contribution in [0.4, 0.5) is 0 Å². The van der Waals surface area contributed by atoms with E-state index in [9.17, 15) is 9.59 Å². The SMILES string of the molecule is CCCC(C(=O)NC(c1ccccc1)c1ccccc1)N(Cc1ccc(Cl)cc1)C(=O)CCl. The summed E-state index contributed by atoms with van der Waals surface area (Å²) in [5, 5.41) is 3.81. The highest BCUT2D eigenvalue weighted by molar-refractivity contribution is 6.30. The van der Waals surface area contributed by atoms with Crippen LogP contribution in [0.1, 0.15) is 42.5 Å². The molecule has 0 saturated heterocycles. The van der Waals surface area contributed by atoms with Crippen LogP contribution in [0, 0.1) is 0 Å². The molecule has 0 aliphatic heterocycles. The summed E-state index contributed by atoms with van der Waals surface area (Å²) < 4.78 is 0. The van der Waals surface area contributed by atoms with E-state index in [4.69, 9.17) is 23.2 Å². The van der Waals surface area contributed by atoms with Crippen molar-refractivity contribution in [1.82, 2.24) is 10.2 Å². The fraction of sp³-hybridized carbons (Fsp3) is 0.259. The first-order chi connectivity index (χ1) is 16.0. The summed E-state index contributed by atoms with van der Waals surface area (Å²) in [7, 11) is 0. The molecule has 0 radical (unpaired) electrons. The van der Waals surface area contributed by atoms with Gasteiger partial charge in [-0.25, -0.2) is 0 Å². The summed E-state index contributed by atoms with van der Waals surface area (Å²) in [5.74, 6) is -0.680. The van der Waals surface area contributed by atoms with E-state index in [-0.39, 0.29) is 30.3 Å². The van der Waals surface area contributed by atoms with Crippen LogP contribution < -0.4 is 5.32 Å². The topological polar surface area (TPSA) is 49.4 Å². The number of carbonyl (C=O) groups excluding carboxylic acids is 2. The number of rotatable bonds is 10. The molecular formula is C27H28Cl2N2O2. The van der Waals surface area contributed by atoms with E-state index < -0.39 is 6.04 Å². The Hall–Kier alpha value is -2.82. The fourth-order valence-corrected chi connectivity index (χ4v) is 4.11. The standard InChI is InChI=1S/C27H28Cl2N2O2/c1-2-9-24(31(25(32)18-28)19-20-14-16-23(29)17-15-20)27(33)30-26(21-10-5-3-6-11-21)22-12-7-4-8-13-22/h3-8,10-17,24,26H,2,9,18-19H2,1H3,(H,30,33). The van der Waals surface area contributed by atoms with Gasteiger partial charge >= 0.3 is 0 Å². The van der Waals surface area contributed by atoms with Crippen molar-refractivity contribution in [3.63, 3.8) is 0 Å². The number of nitrogens with zero attached hydrogens (tertiary/aromatic N) is 1. The van der Waals surface area contributed by atoms with Crippen molar-refractivity contribution in [3.05, 3.63) is 107 Å². The molecule has 0 aliphatic carbocycles. The van der Waals surface area contributed by atoms with Crippen LogP contribution >= 0.6 is 23.2 Å². The minimum atomic E-state index is -0.646. The third-order valence-electron chi connectivity index (χ3n) is 5.49. The summed E-state index contributed by atoms with van der Waals surface area (Å²) >= 11 is 11.9. The lowest BCUT2D eigenvalue weighted by Crippen LogP contribution is -2.50. The highest BCUT2D eigenvalue weighted by Crippen LogP contribution is 2.23. The number of hydrogen-bond acceptors (Lipinski definition) is 2. The molecule has 172 valence electrons. The number of amides is 2. The number of halogens is 2. The molecule has 1 N–H and O–H groups in total. The first-order valence-electron chi connectivity index (χ1n) is 11.0. The maximum Gasteiger partial charge on any atom is 0.243 e. The Morgan fingerprint density at radius 3 is 1.91 bits per heavy atom. The Morgan fingerprint density at radius 1 is 0.879 bits per heavy atom. The zero-order valence-corrected chi connectivity index (χ0v) is 20.1. The Balaban J connectivity index is 1.90. The Kier molecular flexibility index (Phi) is 9.35. The van der Waals surface area contributed by atoms with Crippen LogP contribution in [0.3, 0.4) is 0 Å². The van der Waals surface area contributed by atoms with Crippen LogP contribution in [0.2, 0.25) is 5.02 Å². The van der Waals surface area contributed by atoms with Gasteiger partial charge in [-0.2, -0.15) is 0 Å². The van der Waals surface area contributed by atoms with E-state index in [2.05, 4.69) is 5.32 Å². The highest BCUT2D eigenvalue weighted by atomic mass is 35.5. The van der Waals surface area contributed by atoms with Crippen molar-refractivity contribution in [2.24, 2.45) is 0 Å². The quantitative estimate of drug-likeness (QED) is 0.361. The second kappa shape index (κ2) is 12.4. The van der Waals surface area contributed by atoms with Gasteiger partial charge in [0.1, 0.15) is 11.9 Å². The summed E-state index contributed by atoms with van der Waals surface area (Å²) in [4.78, 5) is 28.0. The number of benzene rings is 3. The first-order valence-corrected chi connectivity index (χ1v) is 11.9. The summed E-state index contributed by atoms with van der Waals surface area (Å²) in [6, 6.07) is 25.9. The number of alkyl halides is 1. The number of nitrogens with one attached hydrogen (secondary N) is 1. The summed E-state index contributed by atoms with van der Waals surface area (Å²) in [5.41, 5.74) is 2.83. The molecule has 0 heterocycles. The molecule has 3 aromatic carbocycles. The molecule has 3 rings (SSSR count). The van der Waals surface area contributed by atoms with E-state index in [1.165, 1.54) is 0 Å². The third-order valence-corrected chi connectivity index (χ3v) is 5.97. The monoisotopic (exact) mass is 482 g/mol. The van der Waals surface area contributed by atoms with Crippen LogP contribution in [0.25, 0.3) is 0 Å². The number of carbonyl (C=O) groups is 2. The zero-order chi connectivity index (χ0) is 23.6. The molecular weight excluding hydrogens is 455 g/mol. The van der Waals surface area contributed by atoms with Crippen LogP contribution in [0.15, 0.2) is 84.9 Å². The van der Waals surface area contributed by atoms with Crippen LogP contribution in [-0.2, 0) is 16.1 Å². The predicted octanol–water partition coefficient (Wildman–Crippen LogP) is 5.98. The van der Waals surface area contributed by atoms with Crippen molar-refractivity contribution < 1.29 is 9.59 Å². The normalized spacial score (nSPS) is 11.8. The van der Waals surface area contributed by atoms with Crippen molar-refractivity contribution >= 4 is 35.0 Å². The van der Waals surface area contributed by atoms with Crippen molar-refractivity contribution in [2.75, 3.05) is 5.88 Å². The highest BCUT2D eigenvalue weighted by Gasteiger charge is 2.31. The molecule has 0 spiro atoms. The second-order valence-electron chi connectivity index (χ2n) is 7.85. The third kappa shape index (κ3) is 6.83. The van der Waals surface area contributed by atoms with Gasteiger partial charge in [-0.1, -0.05) is 97.7 Å². The van der Waals surface area contributed by atoms with E-state index in [0.717, 1.165) is 23.1 Å². The molecule has 2 amide bonds. The van der Waals surface area contributed by atoms with E-state index >= 15 is 0 Å². The molecule has 0 aliphatic rings. The summed E-state index contributed by atoms with van der Waals surface area (Å²) in [6.07, 6.45) is 1.27. The lowest BCUT2D eigenvalue weighted by atomic mass is 9.97. The van der Waals surface area contributed by atoms with Crippen molar-refractivity contribution in [1.29, 1.82) is 0 Å². The minimum Gasteiger partial charge on any atom is -0.343 e. The smallest absolute Gasteiger partial charge is 0.243 e. The van der Waals surface area contributed by atoms with Gasteiger partial charge < -0.3 is 10.2 Å². The van der Waals surface area contributed by atoms with E-state index in [0.29, 0.717) is 11.4 Å². The maximum atomic E-state index is 13.6. The number of hydrogen-bond donors (Lipinski definition) is 1.